The summed E-state index contributed by atoms with van der Waals surface area (Å²) in [4.78, 5) is 0.350. The van der Waals surface area contributed by atoms with Crippen LogP contribution in [0.3, 0.4) is 0 Å². The predicted molar refractivity (Wildman–Crippen MR) is 87.3 cm³/mol. The van der Waals surface area contributed by atoms with E-state index in [0.717, 1.165) is 12.2 Å². The Hall–Kier alpha value is -0.500. The third kappa shape index (κ3) is 4.83. The molecule has 108 valence electrons. The van der Waals surface area contributed by atoms with Crippen LogP contribution in [0.15, 0.2) is 18.2 Å². The number of alkyl halides is 1. The van der Waals surface area contributed by atoms with Crippen LogP contribution in [0.4, 0.5) is 0 Å². The molecule has 1 nitrogen and oxygen atoms in total. The molecular weight excluding hydrogens is 300 g/mol. The van der Waals surface area contributed by atoms with Gasteiger partial charge >= 0.3 is 0 Å². The van der Waals surface area contributed by atoms with E-state index >= 15 is 0 Å². The standard InChI is InChI=1S/C17H27BrO/c1-7-19-16-9-8-12(2)10-14(16)15(18)11-13(3)17(4,5)6/h8-10,13,15H,7,11H2,1-6H3. The van der Waals surface area contributed by atoms with Crippen molar-refractivity contribution < 1.29 is 4.74 Å². The van der Waals surface area contributed by atoms with Crippen molar-refractivity contribution in [1.82, 2.24) is 0 Å². The normalized spacial score (nSPS) is 15.1. The van der Waals surface area contributed by atoms with Gasteiger partial charge in [-0.2, -0.15) is 0 Å². The number of benzene rings is 1. The van der Waals surface area contributed by atoms with Crippen LogP contribution in [0, 0.1) is 18.3 Å². The van der Waals surface area contributed by atoms with Gasteiger partial charge < -0.3 is 4.74 Å². The summed E-state index contributed by atoms with van der Waals surface area (Å²) in [7, 11) is 0. The zero-order chi connectivity index (χ0) is 14.6. The maximum Gasteiger partial charge on any atom is 0.123 e. The van der Waals surface area contributed by atoms with Gasteiger partial charge in [0, 0.05) is 10.4 Å². The first-order valence-corrected chi connectivity index (χ1v) is 8.04. The van der Waals surface area contributed by atoms with Crippen molar-refractivity contribution >= 4 is 15.9 Å². The van der Waals surface area contributed by atoms with Crippen LogP contribution in [0.5, 0.6) is 5.75 Å². The quantitative estimate of drug-likeness (QED) is 0.612. The SMILES string of the molecule is CCOc1ccc(C)cc1C(Br)CC(C)C(C)(C)C. The molecule has 0 aliphatic rings. The topological polar surface area (TPSA) is 9.23 Å². The van der Waals surface area contributed by atoms with Crippen molar-refractivity contribution in [3.05, 3.63) is 29.3 Å². The molecule has 19 heavy (non-hydrogen) atoms. The zero-order valence-electron chi connectivity index (χ0n) is 13.1. The molecule has 0 fully saturated rings. The molecule has 2 unspecified atom stereocenters. The highest BCUT2D eigenvalue weighted by atomic mass is 79.9. The van der Waals surface area contributed by atoms with Crippen molar-refractivity contribution in [2.75, 3.05) is 6.61 Å². The summed E-state index contributed by atoms with van der Waals surface area (Å²) in [5.74, 6) is 1.66. The van der Waals surface area contributed by atoms with Crippen molar-refractivity contribution in [2.24, 2.45) is 11.3 Å². The van der Waals surface area contributed by atoms with Crippen LogP contribution in [-0.2, 0) is 0 Å². The summed E-state index contributed by atoms with van der Waals surface area (Å²) in [5.41, 5.74) is 2.89. The Kier molecular flexibility index (Phi) is 5.91. The lowest BCUT2D eigenvalue weighted by atomic mass is 9.79. The third-order valence-corrected chi connectivity index (χ3v) is 4.71. The van der Waals surface area contributed by atoms with Gasteiger partial charge in [0.15, 0.2) is 0 Å². The van der Waals surface area contributed by atoms with Gasteiger partial charge in [0.1, 0.15) is 5.75 Å². The second-order valence-electron chi connectivity index (χ2n) is 6.44. The number of hydrogen-bond donors (Lipinski definition) is 0. The molecule has 1 rings (SSSR count). The smallest absolute Gasteiger partial charge is 0.123 e. The summed E-state index contributed by atoms with van der Waals surface area (Å²) in [6, 6.07) is 6.44. The van der Waals surface area contributed by atoms with Gasteiger partial charge in [-0.1, -0.05) is 61.3 Å². The molecule has 0 amide bonds. The van der Waals surface area contributed by atoms with Gasteiger partial charge in [-0.25, -0.2) is 0 Å². The minimum Gasteiger partial charge on any atom is -0.494 e. The van der Waals surface area contributed by atoms with Gasteiger partial charge in [0.25, 0.3) is 0 Å². The molecule has 0 aliphatic carbocycles. The fourth-order valence-electron chi connectivity index (χ4n) is 1.99. The van der Waals surface area contributed by atoms with Crippen LogP contribution in [0.1, 0.15) is 57.0 Å². The molecule has 0 radical (unpaired) electrons. The first-order chi connectivity index (χ1) is 8.75. The number of rotatable bonds is 5. The van der Waals surface area contributed by atoms with E-state index in [1.54, 1.807) is 0 Å². The average Bonchev–Trinajstić information content (AvgIpc) is 2.30. The van der Waals surface area contributed by atoms with Crippen molar-refractivity contribution in [2.45, 2.75) is 52.8 Å². The molecule has 1 aromatic carbocycles. The number of hydrogen-bond acceptors (Lipinski definition) is 1. The Labute approximate surface area is 126 Å². The molecule has 0 aliphatic heterocycles. The lowest BCUT2D eigenvalue weighted by molar-refractivity contribution is 0.245. The molecule has 2 atom stereocenters. The first kappa shape index (κ1) is 16.6. The second-order valence-corrected chi connectivity index (χ2v) is 7.55. The van der Waals surface area contributed by atoms with Crippen LogP contribution in [0.2, 0.25) is 0 Å². The monoisotopic (exact) mass is 326 g/mol. The maximum atomic E-state index is 5.75. The molecular formula is C17H27BrO. The molecule has 2 heteroatoms. The Balaban J connectivity index is 2.92. The van der Waals surface area contributed by atoms with Gasteiger partial charge in [-0.15, -0.1) is 0 Å². The van der Waals surface area contributed by atoms with E-state index in [9.17, 15) is 0 Å². The Bertz CT molecular complexity index is 406. The highest BCUT2D eigenvalue weighted by Crippen LogP contribution is 2.40. The number of halogens is 1. The van der Waals surface area contributed by atoms with Crippen LogP contribution in [0.25, 0.3) is 0 Å². The largest absolute Gasteiger partial charge is 0.494 e. The summed E-state index contributed by atoms with van der Waals surface area (Å²) in [6.07, 6.45) is 1.12. The van der Waals surface area contributed by atoms with E-state index in [4.69, 9.17) is 4.74 Å². The fourth-order valence-corrected chi connectivity index (χ4v) is 2.91. The first-order valence-electron chi connectivity index (χ1n) is 7.13. The van der Waals surface area contributed by atoms with Crippen LogP contribution in [-0.4, -0.2) is 6.61 Å². The maximum absolute atomic E-state index is 5.75. The summed E-state index contributed by atoms with van der Waals surface area (Å²) in [5, 5.41) is 0. The Morgan fingerprint density at radius 3 is 2.42 bits per heavy atom. The molecule has 0 N–H and O–H groups in total. The lowest BCUT2D eigenvalue weighted by Gasteiger charge is -2.29. The summed E-state index contributed by atoms with van der Waals surface area (Å²) < 4.78 is 5.75. The molecule has 0 heterocycles. The van der Waals surface area contributed by atoms with E-state index in [1.165, 1.54) is 11.1 Å². The highest BCUT2D eigenvalue weighted by molar-refractivity contribution is 9.09. The van der Waals surface area contributed by atoms with E-state index < -0.39 is 0 Å². The van der Waals surface area contributed by atoms with Crippen molar-refractivity contribution in [3.8, 4) is 5.75 Å². The molecule has 0 spiro atoms. The van der Waals surface area contributed by atoms with Gasteiger partial charge in [-0.3, -0.25) is 0 Å². The number of aryl methyl sites for hydroxylation is 1. The Morgan fingerprint density at radius 1 is 1.26 bits per heavy atom. The summed E-state index contributed by atoms with van der Waals surface area (Å²) in [6.45, 7) is 14.1. The summed E-state index contributed by atoms with van der Waals surface area (Å²) >= 11 is 3.85. The van der Waals surface area contributed by atoms with E-state index in [2.05, 4.69) is 68.7 Å². The van der Waals surface area contributed by atoms with Gasteiger partial charge in [-0.05, 0) is 37.7 Å². The molecule has 0 saturated carbocycles. The minimum atomic E-state index is 0.335. The molecule has 1 aromatic rings. The van der Waals surface area contributed by atoms with Gasteiger partial charge in [0.05, 0.1) is 6.61 Å². The van der Waals surface area contributed by atoms with Crippen molar-refractivity contribution in [3.63, 3.8) is 0 Å². The Morgan fingerprint density at radius 2 is 1.89 bits per heavy atom. The van der Waals surface area contributed by atoms with E-state index in [0.29, 0.717) is 22.8 Å². The van der Waals surface area contributed by atoms with Crippen LogP contribution < -0.4 is 4.74 Å². The van der Waals surface area contributed by atoms with Gasteiger partial charge in [0.2, 0.25) is 0 Å². The third-order valence-electron chi connectivity index (χ3n) is 3.84. The fraction of sp³-hybridized carbons (Fsp3) is 0.647. The van der Waals surface area contributed by atoms with Crippen molar-refractivity contribution in [1.29, 1.82) is 0 Å². The predicted octanol–water partition coefficient (Wildman–Crippen LogP) is 5.90. The second kappa shape index (κ2) is 6.78. The van der Waals surface area contributed by atoms with Crippen LogP contribution >= 0.6 is 15.9 Å². The minimum absolute atomic E-state index is 0.335. The number of ether oxygens (including phenoxy) is 1. The zero-order valence-corrected chi connectivity index (χ0v) is 14.7. The highest BCUT2D eigenvalue weighted by Gasteiger charge is 2.24. The van der Waals surface area contributed by atoms with E-state index in [1.807, 2.05) is 6.92 Å². The average molecular weight is 327 g/mol. The molecule has 0 saturated heterocycles. The lowest BCUT2D eigenvalue weighted by Crippen LogP contribution is -2.18. The molecule has 0 bridgehead atoms. The van der Waals surface area contributed by atoms with E-state index in [-0.39, 0.29) is 0 Å². The molecule has 0 aromatic heterocycles.